The second kappa shape index (κ2) is 6.35. The summed E-state index contributed by atoms with van der Waals surface area (Å²) in [5, 5.41) is 0. The molecule has 0 fully saturated rings. The van der Waals surface area contributed by atoms with Crippen molar-refractivity contribution in [3.63, 3.8) is 0 Å². The van der Waals surface area contributed by atoms with E-state index in [1.165, 1.54) is 11.8 Å². The zero-order valence-corrected chi connectivity index (χ0v) is 12.8. The third-order valence-corrected chi connectivity index (χ3v) is 3.21. The van der Waals surface area contributed by atoms with Crippen LogP contribution in [0.3, 0.4) is 0 Å². The molecule has 0 aliphatic heterocycles. The zero-order valence-electron chi connectivity index (χ0n) is 12.8. The third-order valence-electron chi connectivity index (χ3n) is 3.21. The SMILES string of the molecule is C#Cc1cccc(N(Cc2oc(=O)oc2C(C)C)C(C)=O)c1. The number of terminal acetylenes is 1. The van der Waals surface area contributed by atoms with Crippen molar-refractivity contribution in [1.82, 2.24) is 0 Å². The second-order valence-electron chi connectivity index (χ2n) is 5.20. The van der Waals surface area contributed by atoms with Gasteiger partial charge in [0.05, 0.1) is 6.54 Å². The molecule has 0 unspecified atom stereocenters. The molecule has 0 spiro atoms. The summed E-state index contributed by atoms with van der Waals surface area (Å²) in [5.74, 6) is 2.35. The summed E-state index contributed by atoms with van der Waals surface area (Å²) in [7, 11) is 0. The Balaban J connectivity index is 2.40. The predicted molar refractivity (Wildman–Crippen MR) is 82.6 cm³/mol. The number of carbonyl (C=O) groups excluding carboxylic acids is 1. The molecule has 0 saturated heterocycles. The normalized spacial score (nSPS) is 10.5. The van der Waals surface area contributed by atoms with Crippen LogP contribution in [-0.4, -0.2) is 5.91 Å². The molecule has 1 aromatic carbocycles. The van der Waals surface area contributed by atoms with Crippen LogP contribution >= 0.6 is 0 Å². The van der Waals surface area contributed by atoms with E-state index < -0.39 is 5.82 Å². The van der Waals surface area contributed by atoms with Gasteiger partial charge in [0.25, 0.3) is 0 Å². The molecule has 0 saturated carbocycles. The smallest absolute Gasteiger partial charge is 0.395 e. The fourth-order valence-corrected chi connectivity index (χ4v) is 2.16. The van der Waals surface area contributed by atoms with Crippen molar-refractivity contribution in [2.45, 2.75) is 33.2 Å². The number of anilines is 1. The number of rotatable bonds is 4. The van der Waals surface area contributed by atoms with Crippen molar-refractivity contribution >= 4 is 11.6 Å². The Kier molecular flexibility index (Phi) is 4.52. The van der Waals surface area contributed by atoms with Gasteiger partial charge in [-0.05, 0) is 18.2 Å². The van der Waals surface area contributed by atoms with Crippen LogP contribution in [0.1, 0.15) is 43.8 Å². The molecule has 114 valence electrons. The monoisotopic (exact) mass is 299 g/mol. The van der Waals surface area contributed by atoms with Gasteiger partial charge in [0.2, 0.25) is 5.91 Å². The highest BCUT2D eigenvalue weighted by Gasteiger charge is 2.21. The minimum Gasteiger partial charge on any atom is -0.395 e. The van der Waals surface area contributed by atoms with Crippen molar-refractivity contribution in [3.8, 4) is 12.3 Å². The van der Waals surface area contributed by atoms with E-state index in [0.717, 1.165) is 0 Å². The summed E-state index contributed by atoms with van der Waals surface area (Å²) in [4.78, 5) is 24.8. The average Bonchev–Trinajstić information content (AvgIpc) is 2.85. The van der Waals surface area contributed by atoms with Crippen LogP contribution < -0.4 is 10.7 Å². The number of hydrogen-bond donors (Lipinski definition) is 0. The quantitative estimate of drug-likeness (QED) is 0.814. The van der Waals surface area contributed by atoms with Gasteiger partial charge in [0.15, 0.2) is 11.5 Å². The van der Waals surface area contributed by atoms with Gasteiger partial charge in [0, 0.05) is 24.1 Å². The molecule has 0 atom stereocenters. The summed E-state index contributed by atoms with van der Waals surface area (Å²) >= 11 is 0. The van der Waals surface area contributed by atoms with Gasteiger partial charge in [-0.3, -0.25) is 4.79 Å². The lowest BCUT2D eigenvalue weighted by Crippen LogP contribution is -2.28. The Morgan fingerprint density at radius 3 is 2.68 bits per heavy atom. The first kappa shape index (κ1) is 15.6. The lowest BCUT2D eigenvalue weighted by Gasteiger charge is -2.20. The Morgan fingerprint density at radius 2 is 2.09 bits per heavy atom. The Morgan fingerprint density at radius 1 is 1.36 bits per heavy atom. The fraction of sp³-hybridized carbons (Fsp3) is 0.294. The van der Waals surface area contributed by atoms with Gasteiger partial charge >= 0.3 is 5.82 Å². The first-order valence-electron chi connectivity index (χ1n) is 6.90. The van der Waals surface area contributed by atoms with E-state index in [-0.39, 0.29) is 18.4 Å². The van der Waals surface area contributed by atoms with Gasteiger partial charge in [-0.25, -0.2) is 4.79 Å². The number of carbonyl (C=O) groups is 1. The second-order valence-corrected chi connectivity index (χ2v) is 5.20. The van der Waals surface area contributed by atoms with Gasteiger partial charge in [-0.2, -0.15) is 0 Å². The van der Waals surface area contributed by atoms with Crippen molar-refractivity contribution in [3.05, 3.63) is 52.0 Å². The number of hydrogen-bond acceptors (Lipinski definition) is 4. The van der Waals surface area contributed by atoms with E-state index in [2.05, 4.69) is 5.92 Å². The highest BCUT2D eigenvalue weighted by molar-refractivity contribution is 5.91. The van der Waals surface area contributed by atoms with Crippen molar-refractivity contribution in [1.29, 1.82) is 0 Å². The van der Waals surface area contributed by atoms with Crippen LogP contribution in [0, 0.1) is 12.3 Å². The standard InChI is InChI=1S/C17H17NO4/c1-5-13-7-6-8-14(9-13)18(12(4)19)10-15-16(11(2)3)22-17(20)21-15/h1,6-9,11H,10H2,2-4H3. The molecule has 1 amide bonds. The van der Waals surface area contributed by atoms with Gasteiger partial charge in [-0.1, -0.05) is 25.8 Å². The Bertz CT molecular complexity index is 776. The maximum Gasteiger partial charge on any atom is 0.519 e. The largest absolute Gasteiger partial charge is 0.519 e. The zero-order chi connectivity index (χ0) is 16.3. The summed E-state index contributed by atoms with van der Waals surface area (Å²) < 4.78 is 10.1. The van der Waals surface area contributed by atoms with Crippen LogP contribution in [-0.2, 0) is 11.3 Å². The van der Waals surface area contributed by atoms with E-state index in [1.54, 1.807) is 24.3 Å². The lowest BCUT2D eigenvalue weighted by molar-refractivity contribution is -0.116. The molecule has 0 bridgehead atoms. The molecule has 22 heavy (non-hydrogen) atoms. The van der Waals surface area contributed by atoms with E-state index >= 15 is 0 Å². The molecular weight excluding hydrogens is 282 g/mol. The minimum atomic E-state index is -0.764. The number of benzene rings is 1. The summed E-state index contributed by atoms with van der Waals surface area (Å²) in [6.45, 7) is 5.32. The highest BCUT2D eigenvalue weighted by atomic mass is 16.6. The van der Waals surface area contributed by atoms with E-state index in [1.807, 2.05) is 13.8 Å². The van der Waals surface area contributed by atoms with E-state index in [0.29, 0.717) is 22.8 Å². The molecule has 5 nitrogen and oxygen atoms in total. The van der Waals surface area contributed by atoms with Crippen LogP contribution in [0.15, 0.2) is 37.9 Å². The molecular formula is C17H17NO4. The van der Waals surface area contributed by atoms with Gasteiger partial charge in [0.1, 0.15) is 0 Å². The molecule has 2 aromatic rings. The third kappa shape index (κ3) is 3.29. The molecule has 1 heterocycles. The summed E-state index contributed by atoms with van der Waals surface area (Å²) in [6.07, 6.45) is 5.39. The maximum atomic E-state index is 12.0. The van der Waals surface area contributed by atoms with Crippen molar-refractivity contribution in [2.75, 3.05) is 4.90 Å². The summed E-state index contributed by atoms with van der Waals surface area (Å²) in [6, 6.07) is 7.05. The predicted octanol–water partition coefficient (Wildman–Crippen LogP) is 2.89. The fourth-order valence-electron chi connectivity index (χ4n) is 2.16. The Labute approximate surface area is 128 Å². The van der Waals surface area contributed by atoms with Crippen LogP contribution in [0.2, 0.25) is 0 Å². The van der Waals surface area contributed by atoms with Crippen LogP contribution in [0.4, 0.5) is 5.69 Å². The van der Waals surface area contributed by atoms with Gasteiger partial charge in [-0.15, -0.1) is 6.42 Å². The molecule has 2 rings (SSSR count). The van der Waals surface area contributed by atoms with Crippen molar-refractivity contribution in [2.24, 2.45) is 0 Å². The molecule has 5 heteroatoms. The van der Waals surface area contributed by atoms with Crippen LogP contribution in [0.5, 0.6) is 0 Å². The van der Waals surface area contributed by atoms with Crippen molar-refractivity contribution < 1.29 is 13.6 Å². The van der Waals surface area contributed by atoms with Gasteiger partial charge < -0.3 is 13.7 Å². The highest BCUT2D eigenvalue weighted by Crippen LogP contribution is 2.23. The Hall–Kier alpha value is -2.74. The molecule has 0 radical (unpaired) electrons. The first-order valence-corrected chi connectivity index (χ1v) is 6.90. The maximum absolute atomic E-state index is 12.0. The topological polar surface area (TPSA) is 63.7 Å². The number of nitrogens with zero attached hydrogens (tertiary/aromatic N) is 1. The average molecular weight is 299 g/mol. The molecule has 1 aromatic heterocycles. The molecule has 0 N–H and O–H groups in total. The molecule has 0 aliphatic carbocycles. The summed E-state index contributed by atoms with van der Waals surface area (Å²) in [5.41, 5.74) is 1.31. The van der Waals surface area contributed by atoms with Crippen LogP contribution in [0.25, 0.3) is 0 Å². The number of amides is 1. The first-order chi connectivity index (χ1) is 10.4. The van der Waals surface area contributed by atoms with E-state index in [4.69, 9.17) is 15.3 Å². The van der Waals surface area contributed by atoms with E-state index in [9.17, 15) is 9.59 Å². The lowest BCUT2D eigenvalue weighted by atomic mass is 10.1. The minimum absolute atomic E-state index is 0.0210. The molecule has 0 aliphatic rings.